The van der Waals surface area contributed by atoms with E-state index in [-0.39, 0.29) is 34.9 Å². The van der Waals surface area contributed by atoms with E-state index in [2.05, 4.69) is 41.7 Å². The molecule has 1 fully saturated rings. The number of benzene rings is 2. The first kappa shape index (κ1) is 47.9. The molecule has 2 N–H and O–H groups in total. The normalized spacial score (nSPS) is 13.9. The minimum Gasteiger partial charge on any atom is -0.494 e. The molecular weight excluding hydrogens is 685 g/mol. The lowest BCUT2D eigenvalue weighted by Gasteiger charge is -2.18. The van der Waals surface area contributed by atoms with Crippen molar-refractivity contribution in [2.24, 2.45) is 0 Å². The standard InChI is InChI=1S/C20H23F3O3.C7H13NO.C6H13N.C5H12O3S/c1-2-3-12-25-18-8-4-15(5-9-18)20(22,23)16-6-10-19(11-7-16)26-14-17(24)13-21;1-5-6(9)8-7(2,3)4;1-6(2,3)7-4-5-7;1-5(2,3)8-9(4,6)7/h4-11,17,24H,2-3,12-14H2,1H3;5H,1H2,2-4H3,(H,8,9);4-5H2,1-3H3;1-4H3. The molecule has 1 unspecified atom stereocenters. The Bertz CT molecular complexity index is 1400. The summed E-state index contributed by atoms with van der Waals surface area (Å²) in [6, 6.07) is 11.0. The molecule has 1 saturated heterocycles. The van der Waals surface area contributed by atoms with Crippen LogP contribution >= 0.6 is 0 Å². The van der Waals surface area contributed by atoms with Crippen LogP contribution < -0.4 is 14.8 Å². The van der Waals surface area contributed by atoms with Crippen molar-refractivity contribution in [3.8, 4) is 11.5 Å². The van der Waals surface area contributed by atoms with Gasteiger partial charge in [-0.05, 0) is 123 Å². The predicted octanol–water partition coefficient (Wildman–Crippen LogP) is 7.66. The highest BCUT2D eigenvalue weighted by atomic mass is 32.2. The van der Waals surface area contributed by atoms with Crippen LogP contribution in [0.3, 0.4) is 0 Å². The largest absolute Gasteiger partial charge is 0.494 e. The zero-order valence-electron chi connectivity index (χ0n) is 32.3. The number of nitrogens with one attached hydrogen (secondary N) is 1. The number of amides is 1. The minimum absolute atomic E-state index is 0.123. The Morgan fingerprint density at radius 1 is 0.922 bits per heavy atom. The molecule has 51 heavy (non-hydrogen) atoms. The molecule has 3 rings (SSSR count). The van der Waals surface area contributed by atoms with E-state index in [4.69, 9.17) is 14.6 Å². The van der Waals surface area contributed by atoms with Gasteiger partial charge in [0.05, 0.1) is 18.5 Å². The van der Waals surface area contributed by atoms with Gasteiger partial charge >= 0.3 is 0 Å². The number of aliphatic hydroxyl groups excluding tert-OH is 1. The van der Waals surface area contributed by atoms with Crippen LogP contribution in [0.1, 0.15) is 93.2 Å². The highest BCUT2D eigenvalue weighted by Gasteiger charge is 2.34. The zero-order chi connectivity index (χ0) is 39.7. The topological polar surface area (TPSA) is 114 Å². The van der Waals surface area contributed by atoms with E-state index in [0.717, 1.165) is 19.1 Å². The van der Waals surface area contributed by atoms with E-state index < -0.39 is 34.4 Å². The molecule has 0 bridgehead atoms. The van der Waals surface area contributed by atoms with E-state index >= 15 is 0 Å². The molecule has 9 nitrogen and oxygen atoms in total. The maximum absolute atomic E-state index is 14.7. The smallest absolute Gasteiger partial charge is 0.298 e. The fraction of sp³-hybridized carbons (Fsp3) is 0.605. The van der Waals surface area contributed by atoms with Crippen molar-refractivity contribution < 1.29 is 45.1 Å². The van der Waals surface area contributed by atoms with Gasteiger partial charge in [0.1, 0.15) is 30.9 Å². The third-order valence-corrected chi connectivity index (χ3v) is 7.10. The summed E-state index contributed by atoms with van der Waals surface area (Å²) in [6.45, 7) is 25.0. The third kappa shape index (κ3) is 23.9. The molecule has 0 saturated carbocycles. The van der Waals surface area contributed by atoms with Gasteiger partial charge in [-0.3, -0.25) is 13.9 Å². The summed E-state index contributed by atoms with van der Waals surface area (Å²) in [6.07, 6.45) is 3.00. The first-order chi connectivity index (χ1) is 23.2. The number of carbonyl (C=O) groups excluding carboxylic acids is 1. The molecule has 0 aromatic heterocycles. The van der Waals surface area contributed by atoms with Gasteiger partial charge in [0.25, 0.3) is 16.0 Å². The molecule has 2 aromatic rings. The molecular formula is C38H61F3N2O7S. The van der Waals surface area contributed by atoms with E-state index in [9.17, 15) is 26.4 Å². The summed E-state index contributed by atoms with van der Waals surface area (Å²) in [4.78, 5) is 13.0. The molecule has 0 aliphatic carbocycles. The molecule has 1 heterocycles. The number of hydrogen-bond donors (Lipinski definition) is 2. The van der Waals surface area contributed by atoms with Crippen LogP contribution in [-0.4, -0.2) is 86.3 Å². The Morgan fingerprint density at radius 3 is 1.63 bits per heavy atom. The minimum atomic E-state index is -3.28. The van der Waals surface area contributed by atoms with Crippen LogP contribution in [0.25, 0.3) is 0 Å². The van der Waals surface area contributed by atoms with Crippen molar-refractivity contribution >= 4 is 16.0 Å². The van der Waals surface area contributed by atoms with Crippen molar-refractivity contribution in [3.05, 3.63) is 72.3 Å². The van der Waals surface area contributed by atoms with Gasteiger partial charge in [0.2, 0.25) is 5.91 Å². The number of halogens is 3. The number of rotatable bonds is 12. The Morgan fingerprint density at radius 2 is 1.37 bits per heavy atom. The number of hydrogen-bond acceptors (Lipinski definition) is 8. The first-order valence-electron chi connectivity index (χ1n) is 16.9. The number of ether oxygens (including phenoxy) is 2. The maximum Gasteiger partial charge on any atom is 0.298 e. The van der Waals surface area contributed by atoms with Crippen LogP contribution in [0.15, 0.2) is 61.2 Å². The molecule has 0 spiro atoms. The zero-order valence-corrected chi connectivity index (χ0v) is 33.1. The van der Waals surface area contributed by atoms with Gasteiger partial charge in [-0.15, -0.1) is 0 Å². The highest BCUT2D eigenvalue weighted by Crippen LogP contribution is 2.37. The second-order valence-electron chi connectivity index (χ2n) is 14.9. The lowest BCUT2D eigenvalue weighted by molar-refractivity contribution is -0.117. The molecule has 13 heteroatoms. The Labute approximate surface area is 304 Å². The summed E-state index contributed by atoms with van der Waals surface area (Å²) in [5.74, 6) is -2.44. The van der Waals surface area contributed by atoms with Crippen LogP contribution in [0.4, 0.5) is 13.2 Å². The number of nitrogens with zero attached hydrogens (tertiary/aromatic N) is 1. The lowest BCUT2D eigenvalue weighted by atomic mass is 10.0. The number of aliphatic hydroxyl groups is 1. The van der Waals surface area contributed by atoms with E-state index in [1.165, 1.54) is 67.7 Å². The Hall–Kier alpha value is -3.13. The molecule has 1 amide bonds. The second kappa shape index (κ2) is 21.4. The number of alkyl halides is 3. The fourth-order valence-corrected chi connectivity index (χ4v) is 4.76. The average molecular weight is 747 g/mol. The summed E-state index contributed by atoms with van der Waals surface area (Å²) in [5.41, 5.74) is -0.629. The number of carbonyl (C=O) groups is 1. The summed E-state index contributed by atoms with van der Waals surface area (Å²) in [5, 5.41) is 11.8. The van der Waals surface area contributed by atoms with Gasteiger partial charge in [0, 0.05) is 35.3 Å². The molecule has 1 aliphatic heterocycles. The van der Waals surface area contributed by atoms with Crippen LogP contribution in [-0.2, 0) is 25.0 Å². The van der Waals surface area contributed by atoms with Crippen molar-refractivity contribution in [1.29, 1.82) is 0 Å². The van der Waals surface area contributed by atoms with Gasteiger partial charge in [0.15, 0.2) is 0 Å². The first-order valence-corrected chi connectivity index (χ1v) is 18.7. The van der Waals surface area contributed by atoms with E-state index in [1.807, 2.05) is 27.7 Å². The van der Waals surface area contributed by atoms with Crippen molar-refractivity contribution in [1.82, 2.24) is 10.2 Å². The fourth-order valence-electron chi connectivity index (χ4n) is 3.85. The maximum atomic E-state index is 14.7. The van der Waals surface area contributed by atoms with Crippen LogP contribution in [0.2, 0.25) is 0 Å². The van der Waals surface area contributed by atoms with Gasteiger partial charge < -0.3 is 19.9 Å². The molecule has 1 aliphatic rings. The highest BCUT2D eigenvalue weighted by molar-refractivity contribution is 7.86. The van der Waals surface area contributed by atoms with Crippen LogP contribution in [0, 0.1) is 0 Å². The SMILES string of the molecule is C=CC(=O)NC(C)(C)C.CC(C)(C)N1CC1.CC(C)(C)OS(C)(=O)=O.CCCCOc1ccc(C(F)(F)c2ccc(OCC(O)CF)cc2)cc1. The summed E-state index contributed by atoms with van der Waals surface area (Å²) < 4.78 is 77.6. The van der Waals surface area contributed by atoms with E-state index in [0.29, 0.717) is 17.9 Å². The average Bonchev–Trinajstić information content (AvgIpc) is 3.85. The van der Waals surface area contributed by atoms with Crippen LogP contribution in [0.5, 0.6) is 11.5 Å². The molecule has 292 valence electrons. The van der Waals surface area contributed by atoms with Gasteiger partial charge in [-0.1, -0.05) is 19.9 Å². The van der Waals surface area contributed by atoms with Crippen molar-refractivity contribution in [3.63, 3.8) is 0 Å². The Balaban J connectivity index is 0.000000810. The Kier molecular flexibility index (Phi) is 20.1. The molecule has 2 aromatic carbocycles. The lowest BCUT2D eigenvalue weighted by Crippen LogP contribution is -2.39. The molecule has 1 atom stereocenters. The number of unbranched alkanes of at least 4 members (excludes halogenated alkanes) is 1. The quantitative estimate of drug-likeness (QED) is 0.0986. The van der Waals surface area contributed by atoms with Gasteiger partial charge in [-0.25, -0.2) is 4.39 Å². The summed E-state index contributed by atoms with van der Waals surface area (Å²) in [7, 11) is -3.28. The van der Waals surface area contributed by atoms with Crippen molar-refractivity contribution in [2.75, 3.05) is 39.2 Å². The monoisotopic (exact) mass is 746 g/mol. The van der Waals surface area contributed by atoms with E-state index in [1.54, 1.807) is 20.8 Å². The predicted molar refractivity (Wildman–Crippen MR) is 199 cm³/mol. The summed E-state index contributed by atoms with van der Waals surface area (Å²) >= 11 is 0. The third-order valence-electron chi connectivity index (χ3n) is 6.30. The van der Waals surface area contributed by atoms with Crippen molar-refractivity contribution in [2.45, 2.75) is 111 Å². The van der Waals surface area contributed by atoms with Gasteiger partial charge in [-0.2, -0.15) is 17.2 Å². The molecule has 0 radical (unpaired) electrons. The second-order valence-corrected chi connectivity index (χ2v) is 16.5.